The molecule has 0 amide bonds. The van der Waals surface area contributed by atoms with Gasteiger partial charge in [-0.05, 0) is 42.8 Å². The second-order valence-corrected chi connectivity index (χ2v) is 5.33. The summed E-state index contributed by atoms with van der Waals surface area (Å²) in [5.41, 5.74) is 6.54. The highest BCUT2D eigenvalue weighted by Crippen LogP contribution is 2.32. The van der Waals surface area contributed by atoms with Gasteiger partial charge in [0.15, 0.2) is 0 Å². The summed E-state index contributed by atoms with van der Waals surface area (Å²) in [7, 11) is 0. The van der Waals surface area contributed by atoms with Gasteiger partial charge in [0.05, 0.1) is 5.02 Å². The predicted molar refractivity (Wildman–Crippen MR) is 78.4 cm³/mol. The average Bonchev–Trinajstić information content (AvgIpc) is 2.32. The maximum atomic E-state index is 13.3. The van der Waals surface area contributed by atoms with E-state index in [4.69, 9.17) is 22.1 Å². The van der Waals surface area contributed by atoms with Crippen LogP contribution < -0.4 is 10.5 Å². The molecule has 2 nitrogen and oxygen atoms in total. The average molecular weight is 345 g/mol. The molecule has 0 unspecified atom stereocenters. The van der Waals surface area contributed by atoms with Gasteiger partial charge in [-0.15, -0.1) is 0 Å². The third kappa shape index (κ3) is 3.93. The van der Waals surface area contributed by atoms with Crippen LogP contribution in [0.3, 0.4) is 0 Å². The first kappa shape index (κ1) is 14.3. The Morgan fingerprint density at radius 1 is 1.21 bits per heavy atom. The first-order chi connectivity index (χ1) is 9.08. The minimum Gasteiger partial charge on any atom is -0.456 e. The Morgan fingerprint density at radius 3 is 2.68 bits per heavy atom. The van der Waals surface area contributed by atoms with E-state index in [0.717, 1.165) is 12.0 Å². The van der Waals surface area contributed by atoms with Gasteiger partial charge in [0.25, 0.3) is 0 Å². The fraction of sp³-hybridized carbons (Fsp3) is 0.143. The lowest BCUT2D eigenvalue weighted by atomic mass is 10.1. The van der Waals surface area contributed by atoms with Gasteiger partial charge in [-0.1, -0.05) is 33.6 Å². The van der Waals surface area contributed by atoms with E-state index in [-0.39, 0.29) is 5.82 Å². The number of nitrogens with two attached hydrogens (primary N) is 1. The molecule has 0 spiro atoms. The van der Waals surface area contributed by atoms with Gasteiger partial charge in [0.2, 0.25) is 0 Å². The third-order valence-electron chi connectivity index (χ3n) is 2.49. The summed E-state index contributed by atoms with van der Waals surface area (Å²) in [6.07, 6.45) is 0.736. The van der Waals surface area contributed by atoms with Gasteiger partial charge < -0.3 is 10.5 Å². The first-order valence-electron chi connectivity index (χ1n) is 5.71. The number of halogens is 3. The van der Waals surface area contributed by atoms with Crippen molar-refractivity contribution in [3.05, 3.63) is 57.3 Å². The normalized spacial score (nSPS) is 10.5. The summed E-state index contributed by atoms with van der Waals surface area (Å²) in [6, 6.07) is 9.79. The van der Waals surface area contributed by atoms with Crippen molar-refractivity contribution in [2.24, 2.45) is 5.73 Å². The molecular formula is C14H12BrClFNO. The minimum absolute atomic E-state index is 0.376. The molecular weight excluding hydrogens is 333 g/mol. The zero-order valence-corrected chi connectivity index (χ0v) is 12.3. The largest absolute Gasteiger partial charge is 0.456 e. The van der Waals surface area contributed by atoms with Gasteiger partial charge in [-0.25, -0.2) is 4.39 Å². The highest BCUT2D eigenvalue weighted by molar-refractivity contribution is 9.10. The summed E-state index contributed by atoms with van der Waals surface area (Å²) >= 11 is 9.28. The van der Waals surface area contributed by atoms with Crippen LogP contribution in [0.15, 0.2) is 40.9 Å². The Kier molecular flexibility index (Phi) is 4.80. The zero-order valence-electron chi connectivity index (χ0n) is 10.00. The van der Waals surface area contributed by atoms with Crippen molar-refractivity contribution < 1.29 is 9.13 Å². The van der Waals surface area contributed by atoms with E-state index < -0.39 is 0 Å². The zero-order chi connectivity index (χ0) is 13.8. The topological polar surface area (TPSA) is 35.2 Å². The van der Waals surface area contributed by atoms with Gasteiger partial charge in [0.1, 0.15) is 17.3 Å². The molecule has 0 aliphatic heterocycles. The summed E-state index contributed by atoms with van der Waals surface area (Å²) in [4.78, 5) is 0. The van der Waals surface area contributed by atoms with Crippen molar-refractivity contribution in [1.29, 1.82) is 0 Å². The Morgan fingerprint density at radius 2 is 2.00 bits per heavy atom. The number of ether oxygens (including phenoxy) is 1. The minimum atomic E-state index is -0.376. The SMILES string of the molecule is NCCc1ccc(Cl)c(Oc2cc(F)cc(Br)c2)c1. The lowest BCUT2D eigenvalue weighted by Gasteiger charge is -2.10. The van der Waals surface area contributed by atoms with Crippen LogP contribution in [-0.2, 0) is 6.42 Å². The van der Waals surface area contributed by atoms with Crippen LogP contribution in [0.1, 0.15) is 5.56 Å². The molecule has 0 saturated heterocycles. The van der Waals surface area contributed by atoms with E-state index in [1.165, 1.54) is 12.1 Å². The maximum absolute atomic E-state index is 13.3. The third-order valence-corrected chi connectivity index (χ3v) is 3.26. The summed E-state index contributed by atoms with van der Waals surface area (Å²) in [5, 5.41) is 0.473. The van der Waals surface area contributed by atoms with Crippen molar-refractivity contribution in [1.82, 2.24) is 0 Å². The quantitative estimate of drug-likeness (QED) is 0.884. The molecule has 19 heavy (non-hydrogen) atoms. The molecule has 100 valence electrons. The molecule has 0 atom stereocenters. The molecule has 0 fully saturated rings. The van der Waals surface area contributed by atoms with Crippen molar-refractivity contribution in [2.45, 2.75) is 6.42 Å². The number of rotatable bonds is 4. The van der Waals surface area contributed by atoms with Crippen molar-refractivity contribution in [3.8, 4) is 11.5 Å². The fourth-order valence-electron chi connectivity index (χ4n) is 1.66. The van der Waals surface area contributed by atoms with E-state index in [2.05, 4.69) is 15.9 Å². The lowest BCUT2D eigenvalue weighted by Crippen LogP contribution is -2.02. The van der Waals surface area contributed by atoms with Gasteiger partial charge >= 0.3 is 0 Å². The van der Waals surface area contributed by atoms with E-state index >= 15 is 0 Å². The van der Waals surface area contributed by atoms with Crippen LogP contribution in [0.25, 0.3) is 0 Å². The maximum Gasteiger partial charge on any atom is 0.146 e. The number of hydrogen-bond donors (Lipinski definition) is 1. The molecule has 0 saturated carbocycles. The molecule has 0 aliphatic carbocycles. The van der Waals surface area contributed by atoms with E-state index in [1.54, 1.807) is 12.1 Å². The molecule has 0 aromatic heterocycles. The Hall–Kier alpha value is -1.10. The molecule has 0 radical (unpaired) electrons. The molecule has 5 heteroatoms. The van der Waals surface area contributed by atoms with Crippen LogP contribution >= 0.6 is 27.5 Å². The second-order valence-electron chi connectivity index (χ2n) is 4.01. The van der Waals surface area contributed by atoms with Crippen LogP contribution in [0.4, 0.5) is 4.39 Å². The van der Waals surface area contributed by atoms with Gasteiger partial charge in [-0.3, -0.25) is 0 Å². The first-order valence-corrected chi connectivity index (χ1v) is 6.88. The highest BCUT2D eigenvalue weighted by atomic mass is 79.9. The van der Waals surface area contributed by atoms with Crippen molar-refractivity contribution in [3.63, 3.8) is 0 Å². The van der Waals surface area contributed by atoms with Crippen LogP contribution in [0, 0.1) is 5.82 Å². The fourth-order valence-corrected chi connectivity index (χ4v) is 2.26. The Bertz CT molecular complexity index is 571. The van der Waals surface area contributed by atoms with Crippen molar-refractivity contribution >= 4 is 27.5 Å². The van der Waals surface area contributed by atoms with Crippen LogP contribution in [0.2, 0.25) is 5.02 Å². The van der Waals surface area contributed by atoms with Crippen molar-refractivity contribution in [2.75, 3.05) is 6.54 Å². The van der Waals surface area contributed by atoms with Crippen LogP contribution in [0.5, 0.6) is 11.5 Å². The number of hydrogen-bond acceptors (Lipinski definition) is 2. The molecule has 0 heterocycles. The van der Waals surface area contributed by atoms with E-state index in [1.807, 2.05) is 12.1 Å². The van der Waals surface area contributed by atoms with Crippen LogP contribution in [-0.4, -0.2) is 6.54 Å². The second kappa shape index (κ2) is 6.37. The van der Waals surface area contributed by atoms with E-state index in [9.17, 15) is 4.39 Å². The summed E-state index contributed by atoms with van der Waals surface area (Å²) < 4.78 is 19.5. The smallest absolute Gasteiger partial charge is 0.146 e. The summed E-state index contributed by atoms with van der Waals surface area (Å²) in [6.45, 7) is 0.548. The molecule has 2 N–H and O–H groups in total. The van der Waals surface area contributed by atoms with E-state index in [0.29, 0.717) is 27.5 Å². The Balaban J connectivity index is 2.28. The molecule has 2 rings (SSSR count). The van der Waals surface area contributed by atoms with Gasteiger partial charge in [-0.2, -0.15) is 0 Å². The Labute approximate surface area is 124 Å². The molecule has 2 aromatic carbocycles. The summed E-state index contributed by atoms with van der Waals surface area (Å²) in [5.74, 6) is 0.502. The van der Waals surface area contributed by atoms with Gasteiger partial charge in [0, 0.05) is 10.5 Å². The lowest BCUT2D eigenvalue weighted by molar-refractivity contribution is 0.476. The molecule has 0 bridgehead atoms. The number of benzene rings is 2. The highest BCUT2D eigenvalue weighted by Gasteiger charge is 2.07. The molecule has 0 aliphatic rings. The standard InChI is InChI=1S/C14H12BrClFNO/c15-10-6-11(17)8-12(7-10)19-14-5-9(3-4-18)1-2-13(14)16/h1-2,5-8H,3-4,18H2. The molecule has 2 aromatic rings. The monoisotopic (exact) mass is 343 g/mol. The predicted octanol–water partition coefficient (Wildman–Crippen LogP) is 4.54.